The molecule has 0 saturated carbocycles. The summed E-state index contributed by atoms with van der Waals surface area (Å²) in [7, 11) is 0. The maximum Gasteiger partial charge on any atom is 0.0850 e. The van der Waals surface area contributed by atoms with Gasteiger partial charge < -0.3 is 5.11 Å². The van der Waals surface area contributed by atoms with Gasteiger partial charge in [-0.1, -0.05) is 19.1 Å². The Kier molecular flexibility index (Phi) is 1.95. The molecule has 1 nitrogen and oxygen atoms in total. The molecular formula is C9H13O. The summed E-state index contributed by atoms with van der Waals surface area (Å²) in [6.07, 6.45) is 3.66. The second kappa shape index (κ2) is 2.59. The molecule has 1 aliphatic rings. The smallest absolute Gasteiger partial charge is 0.0850 e. The molecule has 0 spiro atoms. The maximum atomic E-state index is 9.47. The third kappa shape index (κ3) is 1.14. The van der Waals surface area contributed by atoms with Crippen LogP contribution >= 0.6 is 0 Å². The Labute approximate surface area is 62.1 Å². The molecule has 1 radical (unpaired) electrons. The second-order valence-electron chi connectivity index (χ2n) is 2.85. The van der Waals surface area contributed by atoms with Gasteiger partial charge in [0, 0.05) is 5.92 Å². The molecule has 0 aliphatic heterocycles. The first-order chi connectivity index (χ1) is 4.63. The van der Waals surface area contributed by atoms with Crippen LogP contribution in [0.3, 0.4) is 0 Å². The van der Waals surface area contributed by atoms with E-state index in [2.05, 4.69) is 0 Å². The van der Waals surface area contributed by atoms with Crippen molar-refractivity contribution in [2.24, 2.45) is 0 Å². The number of allylic oxidation sites excluding steroid dienone is 2. The quantitative estimate of drug-likeness (QED) is 0.540. The molecule has 0 heterocycles. The van der Waals surface area contributed by atoms with E-state index in [0.717, 1.165) is 11.5 Å². The van der Waals surface area contributed by atoms with Crippen LogP contribution in [-0.2, 0) is 0 Å². The normalized spacial score (nSPS) is 27.8. The Morgan fingerprint density at radius 3 is 2.30 bits per heavy atom. The van der Waals surface area contributed by atoms with E-state index in [1.54, 1.807) is 0 Å². The highest BCUT2D eigenvalue weighted by Crippen LogP contribution is 2.24. The van der Waals surface area contributed by atoms with Crippen LogP contribution in [0.5, 0.6) is 0 Å². The minimum absolute atomic E-state index is 0.343. The average Bonchev–Trinajstić information content (AvgIpc) is 1.93. The summed E-state index contributed by atoms with van der Waals surface area (Å²) >= 11 is 0. The van der Waals surface area contributed by atoms with Gasteiger partial charge in [-0.15, -0.1) is 0 Å². The Balaban J connectivity index is 2.88. The molecule has 1 aliphatic carbocycles. The van der Waals surface area contributed by atoms with Gasteiger partial charge >= 0.3 is 0 Å². The molecule has 0 aromatic rings. The van der Waals surface area contributed by atoms with Crippen LogP contribution < -0.4 is 0 Å². The summed E-state index contributed by atoms with van der Waals surface area (Å²) in [5.41, 5.74) is 2.25. The lowest BCUT2D eigenvalue weighted by Crippen LogP contribution is -2.18. The lowest BCUT2D eigenvalue weighted by molar-refractivity contribution is 0.228. The van der Waals surface area contributed by atoms with Crippen LogP contribution in [0.15, 0.2) is 23.3 Å². The molecule has 0 bridgehead atoms. The van der Waals surface area contributed by atoms with Crippen LogP contribution in [0.1, 0.15) is 20.8 Å². The number of hydrogen-bond acceptors (Lipinski definition) is 1. The van der Waals surface area contributed by atoms with E-state index in [0.29, 0.717) is 0 Å². The van der Waals surface area contributed by atoms with Crippen molar-refractivity contribution >= 4 is 0 Å². The molecule has 0 aromatic carbocycles. The molecule has 0 saturated heterocycles. The number of aliphatic hydroxyl groups excluding tert-OH is 1. The second-order valence-corrected chi connectivity index (χ2v) is 2.85. The fourth-order valence-electron chi connectivity index (χ4n) is 1.04. The van der Waals surface area contributed by atoms with Gasteiger partial charge in [0.15, 0.2) is 0 Å². The molecule has 1 unspecified atom stereocenters. The highest BCUT2D eigenvalue weighted by Gasteiger charge is 2.18. The summed E-state index contributed by atoms with van der Waals surface area (Å²) < 4.78 is 0. The third-order valence-electron chi connectivity index (χ3n) is 2.06. The molecule has 1 N–H and O–H groups in total. The first-order valence-corrected chi connectivity index (χ1v) is 3.50. The van der Waals surface area contributed by atoms with Crippen molar-refractivity contribution in [2.45, 2.75) is 26.9 Å². The highest BCUT2D eigenvalue weighted by molar-refractivity contribution is 5.38. The van der Waals surface area contributed by atoms with E-state index in [4.69, 9.17) is 0 Å². The van der Waals surface area contributed by atoms with Crippen molar-refractivity contribution < 1.29 is 5.11 Å². The predicted octanol–water partition coefficient (Wildman–Crippen LogP) is 1.85. The summed E-state index contributed by atoms with van der Waals surface area (Å²) in [6.45, 7) is 5.92. The Morgan fingerprint density at radius 2 is 1.80 bits per heavy atom. The van der Waals surface area contributed by atoms with Gasteiger partial charge in [0.1, 0.15) is 0 Å². The van der Waals surface area contributed by atoms with E-state index in [-0.39, 0.29) is 6.10 Å². The van der Waals surface area contributed by atoms with Crippen LogP contribution in [0.4, 0.5) is 0 Å². The molecular weight excluding hydrogens is 124 g/mol. The van der Waals surface area contributed by atoms with Crippen molar-refractivity contribution in [2.75, 3.05) is 0 Å². The molecule has 1 atom stereocenters. The molecule has 10 heavy (non-hydrogen) atoms. The van der Waals surface area contributed by atoms with Crippen molar-refractivity contribution in [3.05, 3.63) is 29.2 Å². The van der Waals surface area contributed by atoms with E-state index < -0.39 is 0 Å². The van der Waals surface area contributed by atoms with Gasteiger partial charge in [0.05, 0.1) is 6.10 Å². The topological polar surface area (TPSA) is 20.2 Å². The van der Waals surface area contributed by atoms with E-state index >= 15 is 0 Å². The predicted molar refractivity (Wildman–Crippen MR) is 42.4 cm³/mol. The summed E-state index contributed by atoms with van der Waals surface area (Å²) in [6, 6.07) is 0. The zero-order valence-electron chi connectivity index (χ0n) is 6.68. The standard InChI is InChI=1S/C9H13O/c1-6-4-5-7(2)9(10)8(6)3/h4-5,9-10H,1-3H3. The van der Waals surface area contributed by atoms with Crippen molar-refractivity contribution in [3.8, 4) is 0 Å². The van der Waals surface area contributed by atoms with Crippen LogP contribution in [-0.4, -0.2) is 11.2 Å². The minimum Gasteiger partial charge on any atom is -0.388 e. The highest BCUT2D eigenvalue weighted by atomic mass is 16.3. The molecule has 0 fully saturated rings. The zero-order valence-corrected chi connectivity index (χ0v) is 6.68. The Morgan fingerprint density at radius 1 is 1.20 bits per heavy atom. The molecule has 1 rings (SSSR count). The van der Waals surface area contributed by atoms with Crippen LogP contribution in [0.2, 0.25) is 0 Å². The zero-order chi connectivity index (χ0) is 7.72. The average molecular weight is 137 g/mol. The number of aliphatic hydroxyl groups is 1. The monoisotopic (exact) mass is 137 g/mol. The maximum absolute atomic E-state index is 9.47. The Hall–Kier alpha value is -0.560. The third-order valence-corrected chi connectivity index (χ3v) is 2.06. The first-order valence-electron chi connectivity index (χ1n) is 3.50. The fourth-order valence-corrected chi connectivity index (χ4v) is 1.04. The molecule has 0 amide bonds. The van der Waals surface area contributed by atoms with Gasteiger partial charge in [-0.05, 0) is 25.0 Å². The van der Waals surface area contributed by atoms with E-state index in [9.17, 15) is 5.11 Å². The van der Waals surface area contributed by atoms with Gasteiger partial charge in [-0.3, -0.25) is 0 Å². The van der Waals surface area contributed by atoms with Crippen LogP contribution in [0.25, 0.3) is 0 Å². The minimum atomic E-state index is -0.343. The summed E-state index contributed by atoms with van der Waals surface area (Å²) in [5.74, 6) is 1.03. The Bertz CT molecular complexity index is 189. The van der Waals surface area contributed by atoms with Gasteiger partial charge in [0.2, 0.25) is 0 Å². The molecule has 1 heteroatoms. The van der Waals surface area contributed by atoms with Crippen molar-refractivity contribution in [1.82, 2.24) is 0 Å². The number of rotatable bonds is 0. The SMILES string of the molecule is C[C]1C=CC(C)=C(C)C1O. The van der Waals surface area contributed by atoms with Gasteiger partial charge in [0.25, 0.3) is 0 Å². The summed E-state index contributed by atoms with van der Waals surface area (Å²) in [4.78, 5) is 0. The number of hydrogen-bond donors (Lipinski definition) is 1. The van der Waals surface area contributed by atoms with Crippen molar-refractivity contribution in [1.29, 1.82) is 0 Å². The van der Waals surface area contributed by atoms with Gasteiger partial charge in [-0.25, -0.2) is 0 Å². The largest absolute Gasteiger partial charge is 0.388 e. The van der Waals surface area contributed by atoms with E-state index in [1.807, 2.05) is 32.9 Å². The van der Waals surface area contributed by atoms with Crippen molar-refractivity contribution in [3.63, 3.8) is 0 Å². The fraction of sp³-hybridized carbons (Fsp3) is 0.444. The van der Waals surface area contributed by atoms with Gasteiger partial charge in [-0.2, -0.15) is 0 Å². The summed E-state index contributed by atoms with van der Waals surface area (Å²) in [5, 5.41) is 9.47. The lowest BCUT2D eigenvalue weighted by Gasteiger charge is -2.21. The first kappa shape index (κ1) is 7.55. The van der Waals surface area contributed by atoms with Crippen LogP contribution in [0, 0.1) is 5.92 Å². The lowest BCUT2D eigenvalue weighted by atomic mass is 9.90. The van der Waals surface area contributed by atoms with E-state index in [1.165, 1.54) is 5.57 Å². The molecule has 55 valence electrons. The molecule has 0 aromatic heterocycles.